The first-order chi connectivity index (χ1) is 14.2. The number of carbonyl (C=O) groups is 2. The molecule has 4 N–H and O–H groups in total. The molecular formula is C22H36N4O4. The number of nitrogens with two attached hydrogens (primary N) is 1. The number of hydrogen-bond donors (Lipinski definition) is 3. The summed E-state index contributed by atoms with van der Waals surface area (Å²) in [4.78, 5) is 29.3. The molecule has 0 aliphatic carbocycles. The molecule has 30 heavy (non-hydrogen) atoms. The number of aliphatic imine (C=N–C) groups is 1. The third-order valence-electron chi connectivity index (χ3n) is 5.00. The van der Waals surface area contributed by atoms with Gasteiger partial charge in [0.1, 0.15) is 6.04 Å². The van der Waals surface area contributed by atoms with E-state index in [4.69, 9.17) is 15.2 Å². The minimum Gasteiger partial charge on any atom is -0.493 e. The van der Waals surface area contributed by atoms with Crippen LogP contribution in [0.3, 0.4) is 0 Å². The molecule has 1 aromatic carbocycles. The van der Waals surface area contributed by atoms with E-state index in [1.54, 1.807) is 25.3 Å². The van der Waals surface area contributed by atoms with Crippen LogP contribution in [0.15, 0.2) is 23.2 Å². The van der Waals surface area contributed by atoms with Gasteiger partial charge < -0.3 is 20.5 Å². The lowest BCUT2D eigenvalue weighted by molar-refractivity contribution is -0.123. The van der Waals surface area contributed by atoms with Crippen LogP contribution in [-0.2, 0) is 16.0 Å². The van der Waals surface area contributed by atoms with Crippen molar-refractivity contribution < 1.29 is 19.1 Å². The molecule has 0 saturated carbocycles. The lowest BCUT2D eigenvalue weighted by Crippen LogP contribution is -2.43. The van der Waals surface area contributed by atoms with Crippen molar-refractivity contribution in [1.29, 1.82) is 0 Å². The maximum atomic E-state index is 12.6. The third-order valence-corrected chi connectivity index (χ3v) is 5.00. The minimum atomic E-state index is -0.643. The Morgan fingerprint density at radius 2 is 1.77 bits per heavy atom. The maximum Gasteiger partial charge on any atom is 0.245 e. The van der Waals surface area contributed by atoms with E-state index in [0.717, 1.165) is 18.4 Å². The first-order valence-electron chi connectivity index (χ1n) is 10.4. The molecule has 1 rings (SSSR count). The zero-order valence-electron chi connectivity index (χ0n) is 19.0. The highest BCUT2D eigenvalue weighted by Crippen LogP contribution is 2.27. The molecule has 0 aliphatic rings. The topological polar surface area (TPSA) is 115 Å². The highest BCUT2D eigenvalue weighted by Gasteiger charge is 2.22. The average molecular weight is 421 g/mol. The molecule has 1 unspecified atom stereocenters. The molecular weight excluding hydrogens is 384 g/mol. The van der Waals surface area contributed by atoms with Gasteiger partial charge in [-0.1, -0.05) is 33.3 Å². The normalized spacial score (nSPS) is 14.4. The summed E-state index contributed by atoms with van der Waals surface area (Å²) < 4.78 is 10.5. The van der Waals surface area contributed by atoms with Crippen LogP contribution >= 0.6 is 0 Å². The number of benzene rings is 1. The second kappa shape index (κ2) is 12.7. The van der Waals surface area contributed by atoms with Gasteiger partial charge in [0.25, 0.3) is 0 Å². The fourth-order valence-electron chi connectivity index (χ4n) is 2.77. The summed E-state index contributed by atoms with van der Waals surface area (Å²) in [5.41, 5.74) is 6.68. The molecule has 0 aliphatic heterocycles. The van der Waals surface area contributed by atoms with Crippen LogP contribution in [0.2, 0.25) is 0 Å². The van der Waals surface area contributed by atoms with Gasteiger partial charge >= 0.3 is 0 Å². The van der Waals surface area contributed by atoms with E-state index in [1.165, 1.54) is 7.11 Å². The first-order valence-corrected chi connectivity index (χ1v) is 10.4. The summed E-state index contributed by atoms with van der Waals surface area (Å²) in [6.07, 6.45) is 2.40. The summed E-state index contributed by atoms with van der Waals surface area (Å²) in [5, 5.41) is 5.52. The second-order valence-corrected chi connectivity index (χ2v) is 7.51. The lowest BCUT2D eigenvalue weighted by atomic mass is 9.99. The highest BCUT2D eigenvalue weighted by atomic mass is 16.5. The Morgan fingerprint density at radius 3 is 2.33 bits per heavy atom. The van der Waals surface area contributed by atoms with Gasteiger partial charge in [-0.15, -0.1) is 0 Å². The molecule has 0 saturated heterocycles. The Hall–Kier alpha value is -2.77. The van der Waals surface area contributed by atoms with E-state index in [9.17, 15) is 9.59 Å². The number of rotatable bonds is 11. The quantitative estimate of drug-likeness (QED) is 0.376. The van der Waals surface area contributed by atoms with Crippen LogP contribution in [0, 0.1) is 5.92 Å². The van der Waals surface area contributed by atoms with E-state index in [1.807, 2.05) is 13.8 Å². The summed E-state index contributed by atoms with van der Waals surface area (Å²) in [6, 6.07) is 4.65. The summed E-state index contributed by atoms with van der Waals surface area (Å²) >= 11 is 0. The van der Waals surface area contributed by atoms with Gasteiger partial charge in [-0.05, 0) is 43.4 Å². The Balaban J connectivity index is 2.84. The molecule has 0 heterocycles. The standard InChI is InChI=1S/C22H36N4O4/c1-7-14(3)11-17(21(28)24-15(4)8-2)25-22(23)26-20(27)13-16-9-10-18(29-5)19(12-16)30-6/h9-10,12,14-15,17H,7-8,11,13H2,1-6H3,(H,24,28)(H3,23,25,26,27)/t14?,15-,17-/m1/s1. The molecule has 0 radical (unpaired) electrons. The van der Waals surface area contributed by atoms with Crippen molar-refractivity contribution in [3.63, 3.8) is 0 Å². The van der Waals surface area contributed by atoms with E-state index >= 15 is 0 Å². The number of carbonyl (C=O) groups excluding carboxylic acids is 2. The van der Waals surface area contributed by atoms with Gasteiger partial charge in [-0.2, -0.15) is 0 Å². The zero-order chi connectivity index (χ0) is 22.7. The Bertz CT molecular complexity index is 736. The van der Waals surface area contributed by atoms with E-state index in [-0.39, 0.29) is 30.2 Å². The van der Waals surface area contributed by atoms with E-state index in [2.05, 4.69) is 29.5 Å². The van der Waals surface area contributed by atoms with E-state index in [0.29, 0.717) is 23.8 Å². The van der Waals surface area contributed by atoms with Gasteiger partial charge in [-0.25, -0.2) is 4.99 Å². The molecule has 8 nitrogen and oxygen atoms in total. The maximum absolute atomic E-state index is 12.6. The molecule has 1 aromatic rings. The van der Waals surface area contributed by atoms with Crippen molar-refractivity contribution in [2.75, 3.05) is 14.2 Å². The number of ether oxygens (including phenoxy) is 2. The highest BCUT2D eigenvalue weighted by molar-refractivity contribution is 5.98. The summed E-state index contributed by atoms with van der Waals surface area (Å²) in [5.74, 6) is 0.863. The molecule has 3 atom stereocenters. The molecule has 0 bridgehead atoms. The van der Waals surface area contributed by atoms with Crippen molar-refractivity contribution in [2.45, 2.75) is 65.5 Å². The van der Waals surface area contributed by atoms with Gasteiger partial charge in [0.05, 0.1) is 20.6 Å². The van der Waals surface area contributed by atoms with Crippen LogP contribution in [0.1, 0.15) is 52.5 Å². The fraction of sp³-hybridized carbons (Fsp3) is 0.591. The minimum absolute atomic E-state index is 0.0491. The second-order valence-electron chi connectivity index (χ2n) is 7.51. The number of amides is 2. The third kappa shape index (κ3) is 8.31. The molecule has 8 heteroatoms. The number of nitrogens with one attached hydrogen (secondary N) is 2. The van der Waals surface area contributed by atoms with Crippen molar-refractivity contribution in [2.24, 2.45) is 16.6 Å². The van der Waals surface area contributed by atoms with Crippen molar-refractivity contribution >= 4 is 17.8 Å². The van der Waals surface area contributed by atoms with Crippen LogP contribution < -0.4 is 25.8 Å². The molecule has 0 fully saturated rings. The molecule has 0 spiro atoms. The number of guanidine groups is 1. The predicted octanol–water partition coefficient (Wildman–Crippen LogP) is 2.40. The molecule has 0 aromatic heterocycles. The predicted molar refractivity (Wildman–Crippen MR) is 119 cm³/mol. The number of nitrogens with zero attached hydrogens (tertiary/aromatic N) is 1. The Labute approximate surface area is 179 Å². The van der Waals surface area contributed by atoms with Crippen LogP contribution in [0.25, 0.3) is 0 Å². The van der Waals surface area contributed by atoms with Gasteiger partial charge in [-0.3, -0.25) is 14.9 Å². The van der Waals surface area contributed by atoms with Crippen molar-refractivity contribution in [3.8, 4) is 11.5 Å². The number of hydrogen-bond acceptors (Lipinski definition) is 5. The smallest absolute Gasteiger partial charge is 0.245 e. The van der Waals surface area contributed by atoms with Gasteiger partial charge in [0, 0.05) is 6.04 Å². The monoisotopic (exact) mass is 420 g/mol. The van der Waals surface area contributed by atoms with Crippen LogP contribution in [0.4, 0.5) is 0 Å². The average Bonchev–Trinajstić information content (AvgIpc) is 2.72. The van der Waals surface area contributed by atoms with Crippen LogP contribution in [-0.4, -0.2) is 44.1 Å². The largest absolute Gasteiger partial charge is 0.493 e. The van der Waals surface area contributed by atoms with Crippen molar-refractivity contribution in [1.82, 2.24) is 10.6 Å². The van der Waals surface area contributed by atoms with Crippen LogP contribution in [0.5, 0.6) is 11.5 Å². The lowest BCUT2D eigenvalue weighted by Gasteiger charge is -2.20. The zero-order valence-corrected chi connectivity index (χ0v) is 19.0. The van der Waals surface area contributed by atoms with Crippen molar-refractivity contribution in [3.05, 3.63) is 23.8 Å². The first kappa shape index (κ1) is 25.3. The van der Waals surface area contributed by atoms with Gasteiger partial charge in [0.15, 0.2) is 17.5 Å². The molecule has 168 valence electrons. The van der Waals surface area contributed by atoms with E-state index < -0.39 is 6.04 Å². The molecule has 2 amide bonds. The Morgan fingerprint density at radius 1 is 1.10 bits per heavy atom. The van der Waals surface area contributed by atoms with Gasteiger partial charge in [0.2, 0.25) is 11.8 Å². The number of methoxy groups -OCH3 is 2. The fourth-order valence-corrected chi connectivity index (χ4v) is 2.77. The summed E-state index contributed by atoms with van der Waals surface area (Å²) in [7, 11) is 3.09. The Kier molecular flexibility index (Phi) is 10.7. The summed E-state index contributed by atoms with van der Waals surface area (Å²) in [6.45, 7) is 8.06. The SMILES string of the molecule is CCC(C)C[C@@H](N=C(N)NC(=O)Cc1ccc(OC)c(OC)c1)C(=O)N[C@H](C)CC.